The molecule has 0 saturated carbocycles. The van der Waals surface area contributed by atoms with E-state index < -0.39 is 0 Å². The van der Waals surface area contributed by atoms with E-state index in [1.807, 2.05) is 13.1 Å². The first-order valence-electron chi connectivity index (χ1n) is 5.66. The van der Waals surface area contributed by atoms with Crippen LogP contribution in [0.15, 0.2) is 6.20 Å². The van der Waals surface area contributed by atoms with Crippen LogP contribution in [0.2, 0.25) is 0 Å². The molecular formula is C11H20N4. The van der Waals surface area contributed by atoms with E-state index in [0.29, 0.717) is 6.04 Å². The van der Waals surface area contributed by atoms with Crippen LogP contribution in [-0.4, -0.2) is 41.0 Å². The highest BCUT2D eigenvalue weighted by atomic mass is 15.1. The van der Waals surface area contributed by atoms with Crippen molar-refractivity contribution in [1.82, 2.24) is 20.2 Å². The number of nitrogens with one attached hydrogen (secondary N) is 2. The molecule has 0 aliphatic carbocycles. The number of H-pyrrole nitrogens is 1. The zero-order valence-electron chi connectivity index (χ0n) is 9.58. The van der Waals surface area contributed by atoms with Crippen LogP contribution in [0.25, 0.3) is 0 Å². The molecule has 0 radical (unpaired) electrons. The van der Waals surface area contributed by atoms with Gasteiger partial charge in [0.1, 0.15) is 5.82 Å². The lowest BCUT2D eigenvalue weighted by molar-refractivity contribution is 0.226. The molecule has 1 atom stereocenters. The molecule has 1 saturated heterocycles. The molecule has 4 nitrogen and oxygen atoms in total. The van der Waals surface area contributed by atoms with Crippen LogP contribution in [0.4, 0.5) is 0 Å². The van der Waals surface area contributed by atoms with E-state index in [4.69, 9.17) is 0 Å². The van der Waals surface area contributed by atoms with Gasteiger partial charge in [-0.25, -0.2) is 4.98 Å². The largest absolute Gasteiger partial charge is 0.345 e. The Labute approximate surface area is 91.1 Å². The van der Waals surface area contributed by atoms with Crippen molar-refractivity contribution in [2.45, 2.75) is 32.4 Å². The van der Waals surface area contributed by atoms with Crippen LogP contribution >= 0.6 is 0 Å². The molecule has 1 aliphatic rings. The third kappa shape index (κ3) is 3.04. The monoisotopic (exact) mass is 208 g/mol. The maximum Gasteiger partial charge on any atom is 0.103 e. The lowest BCUT2D eigenvalue weighted by Crippen LogP contribution is -2.43. The third-order valence-electron chi connectivity index (χ3n) is 2.96. The Morgan fingerprint density at radius 2 is 2.53 bits per heavy atom. The summed E-state index contributed by atoms with van der Waals surface area (Å²) < 4.78 is 0. The average Bonchev–Trinajstić information content (AvgIpc) is 2.62. The van der Waals surface area contributed by atoms with Crippen LogP contribution in [-0.2, 0) is 6.54 Å². The van der Waals surface area contributed by atoms with E-state index in [0.717, 1.165) is 18.9 Å². The van der Waals surface area contributed by atoms with Crippen molar-refractivity contribution in [3.63, 3.8) is 0 Å². The summed E-state index contributed by atoms with van der Waals surface area (Å²) in [5.74, 6) is 0.993. The summed E-state index contributed by atoms with van der Waals surface area (Å²) in [5.41, 5.74) is 1.18. The van der Waals surface area contributed by atoms with Gasteiger partial charge in [-0.15, -0.1) is 0 Å². The molecule has 1 unspecified atom stereocenters. The Balaban J connectivity index is 1.77. The first kappa shape index (κ1) is 10.6. The molecule has 0 bridgehead atoms. The van der Waals surface area contributed by atoms with Gasteiger partial charge < -0.3 is 15.2 Å². The fourth-order valence-corrected chi connectivity index (χ4v) is 2.15. The SMILES string of the molecule is Cc1ncc(CNC2CCCN(C)C2)[nH]1. The quantitative estimate of drug-likeness (QED) is 0.775. The minimum atomic E-state index is 0.632. The summed E-state index contributed by atoms with van der Waals surface area (Å²) in [6, 6.07) is 0.632. The molecule has 84 valence electrons. The van der Waals surface area contributed by atoms with Crippen molar-refractivity contribution in [2.75, 3.05) is 20.1 Å². The molecular weight excluding hydrogens is 188 g/mol. The fraction of sp³-hybridized carbons (Fsp3) is 0.727. The average molecular weight is 208 g/mol. The van der Waals surface area contributed by atoms with Gasteiger partial charge in [-0.3, -0.25) is 0 Å². The summed E-state index contributed by atoms with van der Waals surface area (Å²) in [4.78, 5) is 9.82. The highest BCUT2D eigenvalue weighted by molar-refractivity contribution is 4.99. The van der Waals surface area contributed by atoms with E-state index >= 15 is 0 Å². The Morgan fingerprint density at radius 1 is 1.67 bits per heavy atom. The molecule has 1 fully saturated rings. The molecule has 0 amide bonds. The number of likely N-dealkylation sites (N-methyl/N-ethyl adjacent to an activating group) is 1. The zero-order valence-corrected chi connectivity index (χ0v) is 9.58. The molecule has 2 heterocycles. The maximum atomic E-state index is 4.19. The predicted molar refractivity (Wildman–Crippen MR) is 60.7 cm³/mol. The third-order valence-corrected chi connectivity index (χ3v) is 2.96. The van der Waals surface area contributed by atoms with E-state index in [1.54, 1.807) is 0 Å². The number of imidazole rings is 1. The molecule has 0 aromatic carbocycles. The number of aryl methyl sites for hydroxylation is 1. The van der Waals surface area contributed by atoms with Crippen LogP contribution in [0.5, 0.6) is 0 Å². The van der Waals surface area contributed by atoms with Gasteiger partial charge in [-0.05, 0) is 33.4 Å². The zero-order chi connectivity index (χ0) is 10.7. The summed E-state index contributed by atoms with van der Waals surface area (Å²) in [7, 11) is 2.19. The second kappa shape index (κ2) is 4.77. The number of aromatic amines is 1. The number of hydrogen-bond acceptors (Lipinski definition) is 3. The van der Waals surface area contributed by atoms with Crippen LogP contribution in [0, 0.1) is 6.92 Å². The Hall–Kier alpha value is -0.870. The van der Waals surface area contributed by atoms with Gasteiger partial charge in [0.15, 0.2) is 0 Å². The molecule has 2 N–H and O–H groups in total. The van der Waals surface area contributed by atoms with Crippen LogP contribution in [0.1, 0.15) is 24.4 Å². The van der Waals surface area contributed by atoms with Gasteiger partial charge in [0.2, 0.25) is 0 Å². The Kier molecular flexibility index (Phi) is 3.38. The Bertz CT molecular complexity index is 307. The number of hydrogen-bond donors (Lipinski definition) is 2. The normalized spacial score (nSPS) is 23.2. The minimum Gasteiger partial charge on any atom is -0.345 e. The number of likely N-dealkylation sites (tertiary alicyclic amines) is 1. The number of aromatic nitrogens is 2. The first-order chi connectivity index (χ1) is 7.24. The van der Waals surface area contributed by atoms with Gasteiger partial charge >= 0.3 is 0 Å². The number of piperidine rings is 1. The van der Waals surface area contributed by atoms with Gasteiger partial charge in [0.05, 0.1) is 0 Å². The predicted octanol–water partition coefficient (Wildman–Crippen LogP) is 0.902. The molecule has 15 heavy (non-hydrogen) atoms. The van der Waals surface area contributed by atoms with Crippen LogP contribution < -0.4 is 5.32 Å². The lowest BCUT2D eigenvalue weighted by atomic mass is 10.1. The molecule has 0 spiro atoms. The maximum absolute atomic E-state index is 4.19. The van der Waals surface area contributed by atoms with Gasteiger partial charge in [0, 0.05) is 31.0 Å². The van der Waals surface area contributed by atoms with Gasteiger partial charge in [0.25, 0.3) is 0 Å². The van der Waals surface area contributed by atoms with E-state index in [9.17, 15) is 0 Å². The van der Waals surface area contributed by atoms with E-state index in [-0.39, 0.29) is 0 Å². The van der Waals surface area contributed by atoms with Crippen molar-refractivity contribution in [1.29, 1.82) is 0 Å². The summed E-state index contributed by atoms with van der Waals surface area (Å²) in [6.45, 7) is 5.28. The van der Waals surface area contributed by atoms with Crippen molar-refractivity contribution < 1.29 is 0 Å². The molecule has 4 heteroatoms. The second-order valence-corrected chi connectivity index (χ2v) is 4.48. The minimum absolute atomic E-state index is 0.632. The highest BCUT2D eigenvalue weighted by Crippen LogP contribution is 2.08. The van der Waals surface area contributed by atoms with Crippen molar-refractivity contribution in [3.8, 4) is 0 Å². The van der Waals surface area contributed by atoms with Crippen molar-refractivity contribution in [2.24, 2.45) is 0 Å². The summed E-state index contributed by atoms with van der Waals surface area (Å²) in [5, 5.41) is 3.57. The highest BCUT2D eigenvalue weighted by Gasteiger charge is 2.16. The number of nitrogens with zero attached hydrogens (tertiary/aromatic N) is 2. The lowest BCUT2D eigenvalue weighted by Gasteiger charge is -2.30. The smallest absolute Gasteiger partial charge is 0.103 e. The van der Waals surface area contributed by atoms with Crippen LogP contribution in [0.3, 0.4) is 0 Å². The molecule has 1 aliphatic heterocycles. The fourth-order valence-electron chi connectivity index (χ4n) is 2.15. The molecule has 1 aromatic heterocycles. The second-order valence-electron chi connectivity index (χ2n) is 4.48. The molecule has 1 aromatic rings. The van der Waals surface area contributed by atoms with Crippen molar-refractivity contribution in [3.05, 3.63) is 17.7 Å². The standard InChI is InChI=1S/C11H20N4/c1-9-12-6-11(14-9)7-13-10-4-3-5-15(2)8-10/h6,10,13H,3-5,7-8H2,1-2H3,(H,12,14). The summed E-state index contributed by atoms with van der Waals surface area (Å²) >= 11 is 0. The van der Waals surface area contributed by atoms with Gasteiger partial charge in [-0.2, -0.15) is 0 Å². The summed E-state index contributed by atoms with van der Waals surface area (Å²) in [6.07, 6.45) is 4.50. The molecule has 2 rings (SSSR count). The Morgan fingerprint density at radius 3 is 3.20 bits per heavy atom. The van der Waals surface area contributed by atoms with Gasteiger partial charge in [-0.1, -0.05) is 0 Å². The van der Waals surface area contributed by atoms with E-state index in [2.05, 4.69) is 27.2 Å². The van der Waals surface area contributed by atoms with Crippen molar-refractivity contribution >= 4 is 0 Å². The number of rotatable bonds is 3. The van der Waals surface area contributed by atoms with E-state index in [1.165, 1.54) is 25.1 Å². The first-order valence-corrected chi connectivity index (χ1v) is 5.66. The topological polar surface area (TPSA) is 44.0 Å².